The summed E-state index contributed by atoms with van der Waals surface area (Å²) in [5, 5.41) is 13.7. The maximum atomic E-state index is 10.4. The van der Waals surface area contributed by atoms with Gasteiger partial charge in [-0.25, -0.2) is 9.97 Å². The van der Waals surface area contributed by atoms with E-state index < -0.39 is 5.60 Å². The summed E-state index contributed by atoms with van der Waals surface area (Å²) in [5.41, 5.74) is 0.442. The number of nitrogens with zero attached hydrogens (tertiary/aromatic N) is 2. The zero-order valence-electron chi connectivity index (χ0n) is 10.4. The van der Waals surface area contributed by atoms with Gasteiger partial charge in [0.05, 0.1) is 11.3 Å². The van der Waals surface area contributed by atoms with Gasteiger partial charge in [-0.1, -0.05) is 19.8 Å². The van der Waals surface area contributed by atoms with Crippen LogP contribution in [0.1, 0.15) is 38.3 Å². The molecule has 2 N–H and O–H groups in total. The van der Waals surface area contributed by atoms with Crippen molar-refractivity contribution in [3.63, 3.8) is 0 Å². The topological polar surface area (TPSA) is 58.0 Å². The van der Waals surface area contributed by atoms with Crippen LogP contribution in [0.4, 0.5) is 0 Å². The molecule has 0 aromatic carbocycles. The van der Waals surface area contributed by atoms with Crippen molar-refractivity contribution in [1.29, 1.82) is 0 Å². The molecule has 4 heteroatoms. The minimum Gasteiger partial charge on any atom is -0.389 e. The molecule has 0 amide bonds. The molecule has 1 aromatic heterocycles. The van der Waals surface area contributed by atoms with E-state index in [1.54, 1.807) is 12.5 Å². The Bertz CT molecular complexity index is 344. The number of hydrogen-bond donors (Lipinski definition) is 2. The Balaban J connectivity index is 1.78. The fraction of sp³-hybridized carbons (Fsp3) is 0.692. The Morgan fingerprint density at radius 2 is 2.47 bits per heavy atom. The molecule has 2 rings (SSSR count). The molecule has 0 bridgehead atoms. The number of aromatic nitrogens is 2. The summed E-state index contributed by atoms with van der Waals surface area (Å²) in [6.07, 6.45) is 7.48. The van der Waals surface area contributed by atoms with Gasteiger partial charge in [0, 0.05) is 19.3 Å². The van der Waals surface area contributed by atoms with Crippen LogP contribution in [0.15, 0.2) is 18.6 Å². The summed E-state index contributed by atoms with van der Waals surface area (Å²) in [6, 6.07) is 1.89. The van der Waals surface area contributed by atoms with E-state index in [2.05, 4.69) is 22.2 Å². The molecule has 1 fully saturated rings. The smallest absolute Gasteiger partial charge is 0.115 e. The summed E-state index contributed by atoms with van der Waals surface area (Å²) in [5.74, 6) is 0.634. The molecule has 0 radical (unpaired) electrons. The monoisotopic (exact) mass is 235 g/mol. The van der Waals surface area contributed by atoms with E-state index in [1.807, 2.05) is 6.07 Å². The van der Waals surface area contributed by atoms with Gasteiger partial charge in [0.15, 0.2) is 0 Å². The third kappa shape index (κ3) is 3.75. The van der Waals surface area contributed by atoms with Crippen molar-refractivity contribution in [3.8, 4) is 0 Å². The van der Waals surface area contributed by atoms with E-state index in [9.17, 15) is 5.11 Å². The second-order valence-electron chi connectivity index (χ2n) is 5.23. The fourth-order valence-corrected chi connectivity index (χ4v) is 2.64. The molecule has 2 unspecified atom stereocenters. The normalized spacial score (nSPS) is 29.2. The highest BCUT2D eigenvalue weighted by atomic mass is 16.3. The first-order valence-electron chi connectivity index (χ1n) is 6.36. The second-order valence-corrected chi connectivity index (χ2v) is 5.23. The maximum absolute atomic E-state index is 10.4. The highest BCUT2D eigenvalue weighted by Gasteiger charge is 2.31. The van der Waals surface area contributed by atoms with Gasteiger partial charge in [-0.15, -0.1) is 0 Å². The van der Waals surface area contributed by atoms with E-state index in [0.29, 0.717) is 19.0 Å². The minimum atomic E-state index is -0.523. The molecule has 0 spiro atoms. The van der Waals surface area contributed by atoms with Gasteiger partial charge < -0.3 is 10.4 Å². The Morgan fingerprint density at radius 1 is 1.59 bits per heavy atom. The second kappa shape index (κ2) is 5.56. The first-order valence-corrected chi connectivity index (χ1v) is 6.36. The third-order valence-corrected chi connectivity index (χ3v) is 3.47. The predicted molar refractivity (Wildman–Crippen MR) is 66.3 cm³/mol. The van der Waals surface area contributed by atoms with Gasteiger partial charge in [-0.05, 0) is 24.8 Å². The molecule has 1 aromatic rings. The van der Waals surface area contributed by atoms with Crippen molar-refractivity contribution in [1.82, 2.24) is 15.3 Å². The Labute approximate surface area is 102 Å². The summed E-state index contributed by atoms with van der Waals surface area (Å²) in [6.45, 7) is 3.56. The first-order chi connectivity index (χ1) is 8.18. The van der Waals surface area contributed by atoms with Gasteiger partial charge >= 0.3 is 0 Å². The van der Waals surface area contributed by atoms with Crippen molar-refractivity contribution >= 4 is 0 Å². The number of aliphatic hydroxyl groups is 1. The molecular formula is C13H21N3O. The van der Waals surface area contributed by atoms with E-state index in [1.165, 1.54) is 6.42 Å². The van der Waals surface area contributed by atoms with Crippen LogP contribution >= 0.6 is 0 Å². The van der Waals surface area contributed by atoms with Crippen LogP contribution in [0.5, 0.6) is 0 Å². The van der Waals surface area contributed by atoms with Crippen molar-refractivity contribution in [2.75, 3.05) is 6.54 Å². The summed E-state index contributed by atoms with van der Waals surface area (Å²) in [4.78, 5) is 8.02. The van der Waals surface area contributed by atoms with Crippen LogP contribution in [0, 0.1) is 5.92 Å². The molecular weight excluding hydrogens is 214 g/mol. The minimum absolute atomic E-state index is 0.523. The largest absolute Gasteiger partial charge is 0.389 e. The molecule has 0 aliphatic heterocycles. The number of rotatable bonds is 4. The van der Waals surface area contributed by atoms with Crippen molar-refractivity contribution in [2.45, 2.75) is 44.8 Å². The highest BCUT2D eigenvalue weighted by Crippen LogP contribution is 2.31. The fourth-order valence-electron chi connectivity index (χ4n) is 2.64. The van der Waals surface area contributed by atoms with Crippen LogP contribution in [-0.2, 0) is 6.54 Å². The van der Waals surface area contributed by atoms with Crippen LogP contribution in [0.3, 0.4) is 0 Å². The number of hydrogen-bond acceptors (Lipinski definition) is 4. The zero-order valence-corrected chi connectivity index (χ0v) is 10.4. The summed E-state index contributed by atoms with van der Waals surface area (Å²) in [7, 11) is 0. The molecule has 94 valence electrons. The lowest BCUT2D eigenvalue weighted by molar-refractivity contribution is -0.0119. The third-order valence-electron chi connectivity index (χ3n) is 3.47. The van der Waals surface area contributed by atoms with Gasteiger partial charge in [0.25, 0.3) is 0 Å². The SMILES string of the molecule is CC1CCCC(O)(CNCc2ccncn2)C1. The molecule has 4 nitrogen and oxygen atoms in total. The summed E-state index contributed by atoms with van der Waals surface area (Å²) >= 11 is 0. The molecule has 0 saturated heterocycles. The lowest BCUT2D eigenvalue weighted by Crippen LogP contribution is -2.43. The summed E-state index contributed by atoms with van der Waals surface area (Å²) < 4.78 is 0. The Kier molecular flexibility index (Phi) is 4.07. The van der Waals surface area contributed by atoms with Gasteiger partial charge in [-0.2, -0.15) is 0 Å². The molecule has 1 saturated carbocycles. The molecule has 17 heavy (non-hydrogen) atoms. The zero-order chi connectivity index (χ0) is 12.1. The molecule has 2 atom stereocenters. The molecule has 1 aliphatic carbocycles. The Morgan fingerprint density at radius 3 is 3.18 bits per heavy atom. The Hall–Kier alpha value is -1.00. The van der Waals surface area contributed by atoms with Crippen LogP contribution in [0.2, 0.25) is 0 Å². The van der Waals surface area contributed by atoms with Gasteiger partial charge in [-0.3, -0.25) is 0 Å². The maximum Gasteiger partial charge on any atom is 0.115 e. The number of nitrogens with one attached hydrogen (secondary N) is 1. The van der Waals surface area contributed by atoms with Gasteiger partial charge in [0.1, 0.15) is 6.33 Å². The average molecular weight is 235 g/mol. The first kappa shape index (κ1) is 12.5. The predicted octanol–water partition coefficient (Wildman–Crippen LogP) is 1.51. The van der Waals surface area contributed by atoms with E-state index in [4.69, 9.17) is 0 Å². The highest BCUT2D eigenvalue weighted by molar-refractivity contribution is 4.97. The lowest BCUT2D eigenvalue weighted by atomic mass is 9.79. The van der Waals surface area contributed by atoms with E-state index in [-0.39, 0.29) is 0 Å². The van der Waals surface area contributed by atoms with Crippen molar-refractivity contribution < 1.29 is 5.11 Å². The standard InChI is InChI=1S/C13H21N3O/c1-11-3-2-5-13(17,7-11)9-15-8-12-4-6-14-10-16-12/h4,6,10-11,15,17H,2-3,5,7-9H2,1H3. The van der Waals surface area contributed by atoms with Crippen LogP contribution < -0.4 is 5.32 Å². The van der Waals surface area contributed by atoms with E-state index >= 15 is 0 Å². The molecule has 1 heterocycles. The molecule has 1 aliphatic rings. The van der Waals surface area contributed by atoms with Crippen LogP contribution in [0.25, 0.3) is 0 Å². The van der Waals surface area contributed by atoms with Crippen molar-refractivity contribution in [2.24, 2.45) is 5.92 Å². The van der Waals surface area contributed by atoms with E-state index in [0.717, 1.165) is 25.0 Å². The lowest BCUT2D eigenvalue weighted by Gasteiger charge is -2.35. The van der Waals surface area contributed by atoms with Crippen LogP contribution in [-0.4, -0.2) is 27.2 Å². The van der Waals surface area contributed by atoms with Crippen molar-refractivity contribution in [3.05, 3.63) is 24.3 Å². The quantitative estimate of drug-likeness (QED) is 0.830. The average Bonchev–Trinajstić information content (AvgIpc) is 2.30. The van der Waals surface area contributed by atoms with Gasteiger partial charge in [0.2, 0.25) is 0 Å².